The van der Waals surface area contributed by atoms with Gasteiger partial charge >= 0.3 is 0 Å². The van der Waals surface area contributed by atoms with Gasteiger partial charge in [-0.05, 0) is 36.4 Å². The standard InChI is InChI=1S/C21H23F2N3O2/c22-19-3-1-16(12-20(19)23)26-9-7-25(8-10-26)13-17(27)14-28-18-2-4-21-15(11-18)5-6-24-21/h1-6,11-12,17,24,27H,7-10,13-14H2/t17-/m0/s1. The number of benzene rings is 2. The summed E-state index contributed by atoms with van der Waals surface area (Å²) in [6.07, 6.45) is 1.28. The van der Waals surface area contributed by atoms with Gasteiger partial charge in [-0.25, -0.2) is 8.78 Å². The van der Waals surface area contributed by atoms with Gasteiger partial charge in [-0.2, -0.15) is 0 Å². The van der Waals surface area contributed by atoms with Gasteiger partial charge in [0.15, 0.2) is 11.6 Å². The average Bonchev–Trinajstić information content (AvgIpc) is 3.17. The van der Waals surface area contributed by atoms with Crippen molar-refractivity contribution in [3.63, 3.8) is 0 Å². The van der Waals surface area contributed by atoms with Crippen LogP contribution < -0.4 is 9.64 Å². The Balaban J connectivity index is 1.24. The van der Waals surface area contributed by atoms with Gasteiger partial charge < -0.3 is 19.7 Å². The molecule has 0 amide bonds. The Kier molecular flexibility index (Phi) is 5.45. The monoisotopic (exact) mass is 387 g/mol. The number of aromatic amines is 1. The number of aliphatic hydroxyl groups is 1. The molecule has 2 N–H and O–H groups in total. The number of anilines is 1. The van der Waals surface area contributed by atoms with Crippen molar-refractivity contribution in [1.29, 1.82) is 0 Å². The molecular weight excluding hydrogens is 364 g/mol. The second-order valence-corrected chi connectivity index (χ2v) is 7.08. The first-order valence-corrected chi connectivity index (χ1v) is 9.39. The van der Waals surface area contributed by atoms with Crippen molar-refractivity contribution in [2.45, 2.75) is 6.10 Å². The zero-order chi connectivity index (χ0) is 19.5. The Morgan fingerprint density at radius 1 is 1.00 bits per heavy atom. The number of piperazine rings is 1. The van der Waals surface area contributed by atoms with Crippen LogP contribution in [-0.2, 0) is 0 Å². The fourth-order valence-electron chi connectivity index (χ4n) is 3.53. The first-order valence-electron chi connectivity index (χ1n) is 9.39. The van der Waals surface area contributed by atoms with Gasteiger partial charge in [-0.1, -0.05) is 0 Å². The first kappa shape index (κ1) is 18.7. The number of aromatic nitrogens is 1. The molecule has 0 unspecified atom stereocenters. The lowest BCUT2D eigenvalue weighted by molar-refractivity contribution is 0.0663. The summed E-state index contributed by atoms with van der Waals surface area (Å²) in [7, 11) is 0. The maximum absolute atomic E-state index is 13.4. The Hall–Kier alpha value is -2.64. The number of ether oxygens (including phenoxy) is 1. The predicted molar refractivity (Wildman–Crippen MR) is 105 cm³/mol. The lowest BCUT2D eigenvalue weighted by Gasteiger charge is -2.36. The molecule has 1 fully saturated rings. The number of aliphatic hydroxyl groups excluding tert-OH is 1. The summed E-state index contributed by atoms with van der Waals surface area (Å²) in [5, 5.41) is 11.4. The smallest absolute Gasteiger partial charge is 0.160 e. The maximum atomic E-state index is 13.4. The Bertz CT molecular complexity index is 938. The summed E-state index contributed by atoms with van der Waals surface area (Å²) >= 11 is 0. The molecule has 1 aliphatic rings. The Morgan fingerprint density at radius 2 is 1.82 bits per heavy atom. The van der Waals surface area contributed by atoms with E-state index in [4.69, 9.17) is 4.74 Å². The summed E-state index contributed by atoms with van der Waals surface area (Å²) in [6, 6.07) is 11.7. The molecule has 1 aromatic heterocycles. The van der Waals surface area contributed by atoms with Gasteiger partial charge in [0.05, 0.1) is 0 Å². The van der Waals surface area contributed by atoms with Crippen LogP contribution in [0.4, 0.5) is 14.5 Å². The molecular formula is C21H23F2N3O2. The van der Waals surface area contributed by atoms with E-state index in [0.29, 0.717) is 25.3 Å². The molecule has 1 saturated heterocycles. The number of halogens is 2. The third kappa shape index (κ3) is 4.26. The molecule has 0 saturated carbocycles. The number of hydrogen-bond acceptors (Lipinski definition) is 4. The van der Waals surface area contributed by atoms with Crippen LogP contribution in [0.1, 0.15) is 0 Å². The van der Waals surface area contributed by atoms with Gasteiger partial charge in [-0.15, -0.1) is 0 Å². The van der Waals surface area contributed by atoms with Gasteiger partial charge in [0.25, 0.3) is 0 Å². The van der Waals surface area contributed by atoms with Crippen LogP contribution in [0.15, 0.2) is 48.7 Å². The molecule has 7 heteroatoms. The first-order chi connectivity index (χ1) is 13.6. The number of β-amino-alcohol motifs (C(OH)–C–C–N with tert-alkyl or cyclic N) is 1. The van der Waals surface area contributed by atoms with E-state index in [-0.39, 0.29) is 6.61 Å². The van der Waals surface area contributed by atoms with Crippen LogP contribution in [0.5, 0.6) is 5.75 Å². The van der Waals surface area contributed by atoms with E-state index in [1.54, 1.807) is 6.07 Å². The van der Waals surface area contributed by atoms with Gasteiger partial charge in [0.2, 0.25) is 0 Å². The number of H-pyrrole nitrogens is 1. The second kappa shape index (κ2) is 8.16. The summed E-state index contributed by atoms with van der Waals surface area (Å²) < 4.78 is 32.2. The zero-order valence-electron chi connectivity index (χ0n) is 15.4. The van der Waals surface area contributed by atoms with Crippen molar-refractivity contribution in [3.05, 3.63) is 60.3 Å². The van der Waals surface area contributed by atoms with Crippen molar-refractivity contribution >= 4 is 16.6 Å². The Labute approximate surface area is 162 Å². The zero-order valence-corrected chi connectivity index (χ0v) is 15.4. The van der Waals surface area contributed by atoms with Crippen molar-refractivity contribution in [2.24, 2.45) is 0 Å². The van der Waals surface area contributed by atoms with Crippen molar-refractivity contribution in [3.8, 4) is 5.75 Å². The minimum Gasteiger partial charge on any atom is -0.491 e. The topological polar surface area (TPSA) is 51.7 Å². The van der Waals surface area contributed by atoms with Gasteiger partial charge in [0.1, 0.15) is 18.5 Å². The molecule has 5 nitrogen and oxygen atoms in total. The molecule has 28 heavy (non-hydrogen) atoms. The van der Waals surface area contributed by atoms with Crippen LogP contribution >= 0.6 is 0 Å². The normalized spacial score (nSPS) is 16.5. The Morgan fingerprint density at radius 3 is 2.61 bits per heavy atom. The molecule has 0 radical (unpaired) electrons. The molecule has 1 aliphatic heterocycles. The number of nitrogens with one attached hydrogen (secondary N) is 1. The average molecular weight is 387 g/mol. The lowest BCUT2D eigenvalue weighted by atomic mass is 10.2. The fourth-order valence-corrected chi connectivity index (χ4v) is 3.53. The summed E-state index contributed by atoms with van der Waals surface area (Å²) in [5.74, 6) is -0.930. The molecule has 148 valence electrons. The molecule has 0 aliphatic carbocycles. The van der Waals surface area contributed by atoms with Crippen LogP contribution in [0, 0.1) is 11.6 Å². The van der Waals surface area contributed by atoms with Crippen LogP contribution in [0.25, 0.3) is 10.9 Å². The molecule has 2 aromatic carbocycles. The van der Waals surface area contributed by atoms with Crippen molar-refractivity contribution in [1.82, 2.24) is 9.88 Å². The van der Waals surface area contributed by atoms with E-state index in [9.17, 15) is 13.9 Å². The van der Waals surface area contributed by atoms with Crippen LogP contribution in [0.2, 0.25) is 0 Å². The molecule has 3 aromatic rings. The highest BCUT2D eigenvalue weighted by atomic mass is 19.2. The minimum absolute atomic E-state index is 0.222. The lowest BCUT2D eigenvalue weighted by Crippen LogP contribution is -2.49. The third-order valence-electron chi connectivity index (χ3n) is 5.08. The summed E-state index contributed by atoms with van der Waals surface area (Å²) in [5.41, 5.74) is 1.73. The maximum Gasteiger partial charge on any atom is 0.160 e. The van der Waals surface area contributed by atoms with Gasteiger partial charge in [0, 0.05) is 61.6 Å². The third-order valence-corrected chi connectivity index (χ3v) is 5.08. The molecule has 0 spiro atoms. The van der Waals surface area contributed by atoms with Crippen LogP contribution in [0.3, 0.4) is 0 Å². The number of fused-ring (bicyclic) bond motifs is 1. The fraction of sp³-hybridized carbons (Fsp3) is 0.333. The number of rotatable bonds is 6. The molecule has 2 heterocycles. The quantitative estimate of drug-likeness (QED) is 0.683. The number of nitrogens with zero attached hydrogens (tertiary/aromatic N) is 2. The largest absolute Gasteiger partial charge is 0.491 e. The van der Waals surface area contributed by atoms with Crippen molar-refractivity contribution in [2.75, 3.05) is 44.2 Å². The van der Waals surface area contributed by atoms with E-state index in [1.165, 1.54) is 6.07 Å². The molecule has 0 bridgehead atoms. The van der Waals surface area contributed by atoms with Crippen molar-refractivity contribution < 1.29 is 18.6 Å². The minimum atomic E-state index is -0.832. The molecule has 4 rings (SSSR count). The highest BCUT2D eigenvalue weighted by Gasteiger charge is 2.20. The van der Waals surface area contributed by atoms with E-state index in [2.05, 4.69) is 9.88 Å². The van der Waals surface area contributed by atoms with E-state index in [1.807, 2.05) is 35.4 Å². The summed E-state index contributed by atoms with van der Waals surface area (Å²) in [6.45, 7) is 3.61. The van der Waals surface area contributed by atoms with E-state index >= 15 is 0 Å². The molecule has 1 atom stereocenters. The second-order valence-electron chi connectivity index (χ2n) is 7.08. The highest BCUT2D eigenvalue weighted by molar-refractivity contribution is 5.80. The van der Waals surface area contributed by atoms with Gasteiger partial charge in [-0.3, -0.25) is 4.90 Å². The highest BCUT2D eigenvalue weighted by Crippen LogP contribution is 2.21. The SMILES string of the molecule is O[C@H](COc1ccc2[nH]ccc2c1)CN1CCN(c2ccc(F)c(F)c2)CC1. The van der Waals surface area contributed by atoms with Crippen LogP contribution in [-0.4, -0.2) is 60.4 Å². The predicted octanol–water partition coefficient (Wildman–Crippen LogP) is 3.01. The van der Waals surface area contributed by atoms with E-state index in [0.717, 1.165) is 35.8 Å². The summed E-state index contributed by atoms with van der Waals surface area (Å²) in [4.78, 5) is 7.31. The van der Waals surface area contributed by atoms with E-state index < -0.39 is 17.7 Å². The number of hydrogen-bond donors (Lipinski definition) is 2.